The SMILES string of the molecule is CC(C)C(C(=O)O)N1Cc2ccc(-c3ccc(NS(=O)(=O)c4ccc(F)c(F)c4)cc3)cc2C1=O. The molecule has 1 heterocycles. The van der Waals surface area contributed by atoms with Gasteiger partial charge in [0.2, 0.25) is 0 Å². The zero-order chi connectivity index (χ0) is 25.5. The van der Waals surface area contributed by atoms with Gasteiger partial charge in [0.15, 0.2) is 11.6 Å². The Hall–Kier alpha value is -3.79. The zero-order valence-electron chi connectivity index (χ0n) is 18.8. The van der Waals surface area contributed by atoms with Crippen molar-refractivity contribution in [3.63, 3.8) is 0 Å². The van der Waals surface area contributed by atoms with E-state index < -0.39 is 38.6 Å². The van der Waals surface area contributed by atoms with Gasteiger partial charge in [-0.25, -0.2) is 22.0 Å². The van der Waals surface area contributed by atoms with Gasteiger partial charge in [-0.3, -0.25) is 9.52 Å². The third-order valence-corrected chi connectivity index (χ3v) is 7.21. The van der Waals surface area contributed by atoms with Gasteiger partial charge in [-0.1, -0.05) is 38.1 Å². The summed E-state index contributed by atoms with van der Waals surface area (Å²) < 4.78 is 53.8. The first-order valence-corrected chi connectivity index (χ1v) is 12.2. The van der Waals surface area contributed by atoms with Crippen molar-refractivity contribution >= 4 is 27.6 Å². The highest BCUT2D eigenvalue weighted by Crippen LogP contribution is 2.32. The first kappa shape index (κ1) is 24.3. The van der Waals surface area contributed by atoms with Crippen molar-refractivity contribution in [1.82, 2.24) is 4.90 Å². The van der Waals surface area contributed by atoms with Crippen LogP contribution in [0.5, 0.6) is 0 Å². The van der Waals surface area contributed by atoms with Crippen molar-refractivity contribution in [2.45, 2.75) is 31.3 Å². The number of hydrogen-bond donors (Lipinski definition) is 2. The van der Waals surface area contributed by atoms with Crippen LogP contribution in [0, 0.1) is 17.6 Å². The lowest BCUT2D eigenvalue weighted by Crippen LogP contribution is -2.44. The number of amides is 1. The van der Waals surface area contributed by atoms with Gasteiger partial charge in [-0.2, -0.15) is 0 Å². The molecule has 0 spiro atoms. The lowest BCUT2D eigenvalue weighted by atomic mass is 10.0. The topological polar surface area (TPSA) is 104 Å². The van der Waals surface area contributed by atoms with E-state index in [1.807, 2.05) is 0 Å². The minimum absolute atomic E-state index is 0.211. The molecule has 0 aliphatic carbocycles. The molecule has 3 aromatic rings. The molecule has 0 saturated heterocycles. The monoisotopic (exact) mass is 500 g/mol. The molecule has 1 atom stereocenters. The highest BCUT2D eigenvalue weighted by Gasteiger charge is 2.38. The van der Waals surface area contributed by atoms with E-state index in [4.69, 9.17) is 0 Å². The van der Waals surface area contributed by atoms with Gasteiger partial charge in [0.25, 0.3) is 15.9 Å². The number of aliphatic carboxylic acids is 1. The molecular formula is C25H22F2N2O5S. The number of sulfonamides is 1. The molecule has 1 aliphatic heterocycles. The van der Waals surface area contributed by atoms with Crippen LogP contribution in [0.1, 0.15) is 29.8 Å². The van der Waals surface area contributed by atoms with E-state index >= 15 is 0 Å². The van der Waals surface area contributed by atoms with Gasteiger partial charge >= 0.3 is 5.97 Å². The summed E-state index contributed by atoms with van der Waals surface area (Å²) in [5, 5.41) is 9.56. The molecular weight excluding hydrogens is 478 g/mol. The Morgan fingerprint density at radius 3 is 2.23 bits per heavy atom. The van der Waals surface area contributed by atoms with Crippen LogP contribution >= 0.6 is 0 Å². The fraction of sp³-hybridized carbons (Fsp3) is 0.200. The number of rotatable bonds is 7. The van der Waals surface area contributed by atoms with Crippen LogP contribution in [0.4, 0.5) is 14.5 Å². The van der Waals surface area contributed by atoms with Crippen LogP contribution < -0.4 is 4.72 Å². The smallest absolute Gasteiger partial charge is 0.326 e. The molecule has 0 bridgehead atoms. The minimum Gasteiger partial charge on any atom is -0.480 e. The highest BCUT2D eigenvalue weighted by atomic mass is 32.2. The Balaban J connectivity index is 1.55. The molecule has 35 heavy (non-hydrogen) atoms. The van der Waals surface area contributed by atoms with E-state index in [0.717, 1.165) is 17.7 Å². The maximum atomic E-state index is 13.4. The summed E-state index contributed by atoms with van der Waals surface area (Å²) in [7, 11) is -4.13. The predicted octanol–water partition coefficient (Wildman–Crippen LogP) is 4.50. The van der Waals surface area contributed by atoms with Crippen LogP contribution in [-0.2, 0) is 21.4 Å². The largest absolute Gasteiger partial charge is 0.480 e. The van der Waals surface area contributed by atoms with Crippen LogP contribution in [0.3, 0.4) is 0 Å². The molecule has 182 valence electrons. The molecule has 4 rings (SSSR count). The maximum Gasteiger partial charge on any atom is 0.326 e. The Morgan fingerprint density at radius 2 is 1.63 bits per heavy atom. The van der Waals surface area contributed by atoms with E-state index in [0.29, 0.717) is 22.8 Å². The van der Waals surface area contributed by atoms with Crippen LogP contribution in [0.15, 0.2) is 65.6 Å². The number of carboxylic acid groups (broad SMARTS) is 1. The van der Waals surface area contributed by atoms with Crippen molar-refractivity contribution in [2.24, 2.45) is 5.92 Å². The first-order chi connectivity index (χ1) is 16.5. The average molecular weight is 501 g/mol. The number of anilines is 1. The molecule has 0 radical (unpaired) electrons. The van der Waals surface area contributed by atoms with Gasteiger partial charge in [-0.05, 0) is 59.0 Å². The summed E-state index contributed by atoms with van der Waals surface area (Å²) >= 11 is 0. The third kappa shape index (κ3) is 4.74. The normalized spacial score (nSPS) is 14.2. The van der Waals surface area contributed by atoms with E-state index in [1.165, 1.54) is 17.0 Å². The van der Waals surface area contributed by atoms with Crippen molar-refractivity contribution in [2.75, 3.05) is 4.72 Å². The maximum absolute atomic E-state index is 13.4. The first-order valence-electron chi connectivity index (χ1n) is 10.7. The van der Waals surface area contributed by atoms with Crippen LogP contribution in [-0.4, -0.2) is 36.3 Å². The molecule has 10 heteroatoms. The lowest BCUT2D eigenvalue weighted by molar-refractivity contribution is -0.144. The number of benzene rings is 3. The number of carbonyl (C=O) groups excluding carboxylic acids is 1. The molecule has 0 fully saturated rings. The number of nitrogens with one attached hydrogen (secondary N) is 1. The van der Waals surface area contributed by atoms with Crippen molar-refractivity contribution in [1.29, 1.82) is 0 Å². The van der Waals surface area contributed by atoms with Crippen molar-refractivity contribution in [3.05, 3.63) is 83.4 Å². The van der Waals surface area contributed by atoms with Gasteiger partial charge in [0.05, 0.1) is 4.90 Å². The molecule has 7 nitrogen and oxygen atoms in total. The highest BCUT2D eigenvalue weighted by molar-refractivity contribution is 7.92. The summed E-state index contributed by atoms with van der Waals surface area (Å²) in [5.41, 5.74) is 2.78. The van der Waals surface area contributed by atoms with Gasteiger partial charge in [-0.15, -0.1) is 0 Å². The molecule has 1 unspecified atom stereocenters. The summed E-state index contributed by atoms with van der Waals surface area (Å²) in [5.74, 6) is -4.07. The number of carbonyl (C=O) groups is 2. The Labute approximate surface area is 201 Å². The molecule has 0 aromatic heterocycles. The Kier molecular flexibility index (Phi) is 6.33. The molecule has 0 saturated carbocycles. The number of nitrogens with zero attached hydrogens (tertiary/aromatic N) is 1. The van der Waals surface area contributed by atoms with E-state index in [9.17, 15) is 31.9 Å². The average Bonchev–Trinajstić information content (AvgIpc) is 3.10. The predicted molar refractivity (Wildman–Crippen MR) is 125 cm³/mol. The van der Waals surface area contributed by atoms with E-state index in [2.05, 4.69) is 4.72 Å². The lowest BCUT2D eigenvalue weighted by Gasteiger charge is -2.27. The quantitative estimate of drug-likeness (QED) is 0.497. The summed E-state index contributed by atoms with van der Waals surface area (Å²) in [4.78, 5) is 25.6. The molecule has 3 aromatic carbocycles. The Bertz CT molecular complexity index is 1420. The van der Waals surface area contributed by atoms with Crippen LogP contribution in [0.2, 0.25) is 0 Å². The molecule has 2 N–H and O–H groups in total. The van der Waals surface area contributed by atoms with Crippen LogP contribution in [0.25, 0.3) is 11.1 Å². The fourth-order valence-electron chi connectivity index (χ4n) is 4.09. The van der Waals surface area contributed by atoms with Gasteiger partial charge < -0.3 is 10.0 Å². The molecule has 1 amide bonds. The van der Waals surface area contributed by atoms with Gasteiger partial charge in [0.1, 0.15) is 6.04 Å². The number of halogens is 2. The summed E-state index contributed by atoms with van der Waals surface area (Å²) in [6.45, 7) is 3.72. The van der Waals surface area contributed by atoms with Crippen molar-refractivity contribution in [3.8, 4) is 11.1 Å². The number of hydrogen-bond acceptors (Lipinski definition) is 4. The Morgan fingerprint density at radius 1 is 0.971 bits per heavy atom. The van der Waals surface area contributed by atoms with Gasteiger partial charge in [0, 0.05) is 17.8 Å². The standard InChI is InChI=1S/C25H22F2N2O5S/c1-14(2)23(25(31)32)29-13-17-4-3-16(11-20(17)24(29)30)15-5-7-18(8-6-15)28-35(33,34)19-9-10-21(26)22(27)12-19/h3-12,14,23,28H,13H2,1-2H3,(H,31,32). The van der Waals surface area contributed by atoms with E-state index in [1.54, 1.807) is 44.2 Å². The summed E-state index contributed by atoms with van der Waals surface area (Å²) in [6, 6.07) is 13.0. The number of fused-ring (bicyclic) bond motifs is 1. The fourth-order valence-corrected chi connectivity index (χ4v) is 5.16. The van der Waals surface area contributed by atoms with E-state index in [-0.39, 0.29) is 24.1 Å². The second-order valence-electron chi connectivity index (χ2n) is 8.59. The second kappa shape index (κ2) is 9.10. The number of carboxylic acids is 1. The molecule has 1 aliphatic rings. The second-order valence-corrected chi connectivity index (χ2v) is 10.3. The third-order valence-electron chi connectivity index (χ3n) is 5.83. The van der Waals surface area contributed by atoms with Crippen molar-refractivity contribution < 1.29 is 31.9 Å². The minimum atomic E-state index is -4.13. The summed E-state index contributed by atoms with van der Waals surface area (Å²) in [6.07, 6.45) is 0. The zero-order valence-corrected chi connectivity index (χ0v) is 19.6.